The van der Waals surface area contributed by atoms with E-state index in [4.69, 9.17) is 0 Å². The van der Waals surface area contributed by atoms with Gasteiger partial charge in [-0.05, 0) is 159 Å². The highest BCUT2D eigenvalue weighted by Crippen LogP contribution is 2.61. The lowest BCUT2D eigenvalue weighted by atomic mass is 9.33. The number of aryl methyl sites for hydroxylation is 1. The SMILES string of the molecule is Cc1cc2c3c(c1)N(c1ccc4c(c1)-c1ccccc1C4(C)C)c1cc(N4c5ccccc5C5(C)CCCCC45C)ccc1B3c1cc(C(C)(C)C)ccc1N2c1ccc(C(C)(C)C)cc1. The molecule has 5 aliphatic rings. The van der Waals surface area contributed by atoms with Crippen LogP contribution in [0.2, 0.25) is 0 Å². The third-order valence-corrected chi connectivity index (χ3v) is 17.1. The Morgan fingerprint density at radius 3 is 1.80 bits per heavy atom. The molecule has 1 saturated carbocycles. The number of anilines is 8. The van der Waals surface area contributed by atoms with Gasteiger partial charge in [0.05, 0.1) is 5.54 Å². The Kier molecular flexibility index (Phi) is 8.65. The zero-order chi connectivity index (χ0) is 45.9. The van der Waals surface area contributed by atoms with Crippen molar-refractivity contribution in [3.63, 3.8) is 0 Å². The lowest BCUT2D eigenvalue weighted by molar-refractivity contribution is 0.195. The van der Waals surface area contributed by atoms with Crippen LogP contribution in [-0.2, 0) is 21.7 Å². The highest BCUT2D eigenvalue weighted by Gasteiger charge is 2.58. The molecular formula is C62H64BN3. The first-order chi connectivity index (χ1) is 31.4. The molecule has 0 N–H and O–H groups in total. The van der Waals surface area contributed by atoms with Crippen LogP contribution in [0.1, 0.15) is 128 Å². The van der Waals surface area contributed by atoms with Crippen LogP contribution >= 0.6 is 0 Å². The van der Waals surface area contributed by atoms with E-state index in [0.717, 1.165) is 0 Å². The topological polar surface area (TPSA) is 9.72 Å². The average Bonchev–Trinajstić information content (AvgIpc) is 3.65. The first kappa shape index (κ1) is 41.4. The minimum atomic E-state index is -0.0756. The lowest BCUT2D eigenvalue weighted by Gasteiger charge is -2.50. The van der Waals surface area contributed by atoms with Gasteiger partial charge in [0.25, 0.3) is 6.71 Å². The van der Waals surface area contributed by atoms with Crippen LogP contribution in [0.4, 0.5) is 45.5 Å². The van der Waals surface area contributed by atoms with E-state index < -0.39 is 0 Å². The Balaban J connectivity index is 1.15. The van der Waals surface area contributed by atoms with Crippen LogP contribution in [0.3, 0.4) is 0 Å². The van der Waals surface area contributed by atoms with Crippen molar-refractivity contribution in [2.75, 3.05) is 14.7 Å². The van der Waals surface area contributed by atoms with Crippen molar-refractivity contribution in [2.24, 2.45) is 0 Å². The molecule has 1 fully saturated rings. The van der Waals surface area contributed by atoms with E-state index in [1.165, 1.54) is 132 Å². The summed E-state index contributed by atoms with van der Waals surface area (Å²) in [4.78, 5) is 7.98. The molecule has 2 unspecified atom stereocenters. The van der Waals surface area contributed by atoms with Crippen molar-refractivity contribution in [1.82, 2.24) is 0 Å². The van der Waals surface area contributed by atoms with Crippen LogP contribution in [0.5, 0.6) is 0 Å². The Hall–Kier alpha value is -6.00. The fraction of sp³-hybridized carbons (Fsp3) is 0.323. The van der Waals surface area contributed by atoms with Crippen LogP contribution in [0.25, 0.3) is 11.1 Å². The number of hydrogen-bond donors (Lipinski definition) is 0. The van der Waals surface area contributed by atoms with Gasteiger partial charge < -0.3 is 14.7 Å². The predicted molar refractivity (Wildman–Crippen MR) is 283 cm³/mol. The minimum Gasteiger partial charge on any atom is -0.334 e. The summed E-state index contributed by atoms with van der Waals surface area (Å²) in [6.07, 6.45) is 4.90. The molecule has 4 heteroatoms. The summed E-state index contributed by atoms with van der Waals surface area (Å²) in [5.41, 5.74) is 25.2. The molecule has 3 aliphatic heterocycles. The second kappa shape index (κ2) is 13.8. The number of nitrogens with zero attached hydrogens (tertiary/aromatic N) is 3. The molecule has 3 heterocycles. The van der Waals surface area contributed by atoms with E-state index in [0.29, 0.717) is 0 Å². The van der Waals surface area contributed by atoms with Gasteiger partial charge in [0.15, 0.2) is 0 Å². The monoisotopic (exact) mass is 862 g/mol. The zero-order valence-electron chi connectivity index (χ0n) is 41.0. The molecule has 2 atom stereocenters. The van der Waals surface area contributed by atoms with Crippen molar-refractivity contribution in [1.29, 1.82) is 0 Å². The summed E-state index contributed by atoms with van der Waals surface area (Å²) < 4.78 is 0. The normalized spacial score (nSPS) is 20.8. The second-order valence-electron chi connectivity index (χ2n) is 23.5. The molecule has 2 aliphatic carbocycles. The second-order valence-corrected chi connectivity index (χ2v) is 23.5. The maximum absolute atomic E-state index is 2.76. The Labute approximate surface area is 394 Å². The average molecular weight is 862 g/mol. The fourth-order valence-electron chi connectivity index (χ4n) is 13.3. The van der Waals surface area contributed by atoms with Gasteiger partial charge in [-0.25, -0.2) is 0 Å². The lowest BCUT2D eigenvalue weighted by Crippen LogP contribution is -2.61. The van der Waals surface area contributed by atoms with Crippen LogP contribution in [0.15, 0.2) is 140 Å². The third-order valence-electron chi connectivity index (χ3n) is 17.1. The van der Waals surface area contributed by atoms with E-state index in [1.807, 2.05) is 0 Å². The highest BCUT2D eigenvalue weighted by molar-refractivity contribution is 7.00. The smallest absolute Gasteiger partial charge is 0.252 e. The van der Waals surface area contributed by atoms with Gasteiger partial charge in [0.1, 0.15) is 0 Å². The van der Waals surface area contributed by atoms with Gasteiger partial charge in [0.2, 0.25) is 0 Å². The third kappa shape index (κ3) is 5.63. The van der Waals surface area contributed by atoms with Crippen LogP contribution < -0.4 is 31.1 Å². The molecule has 0 aromatic heterocycles. The van der Waals surface area contributed by atoms with Crippen LogP contribution in [-0.4, -0.2) is 12.3 Å². The quantitative estimate of drug-likeness (QED) is 0.164. The predicted octanol–water partition coefficient (Wildman–Crippen LogP) is 14.7. The molecule has 0 saturated heterocycles. The van der Waals surface area contributed by atoms with Crippen molar-refractivity contribution in [3.8, 4) is 11.1 Å². The minimum absolute atomic E-state index is 0.0162. The van der Waals surface area contributed by atoms with Gasteiger partial charge in [-0.1, -0.05) is 154 Å². The summed E-state index contributed by atoms with van der Waals surface area (Å²) in [6.45, 7) is 26.2. The molecule has 12 rings (SSSR count). The summed E-state index contributed by atoms with van der Waals surface area (Å²) >= 11 is 0. The maximum Gasteiger partial charge on any atom is 0.252 e. The van der Waals surface area contributed by atoms with Gasteiger partial charge >= 0.3 is 0 Å². The molecule has 0 radical (unpaired) electrons. The first-order valence-electron chi connectivity index (χ1n) is 24.7. The Bertz CT molecular complexity index is 3160. The number of hydrogen-bond acceptors (Lipinski definition) is 3. The molecule has 3 nitrogen and oxygen atoms in total. The molecule has 0 spiro atoms. The largest absolute Gasteiger partial charge is 0.334 e. The summed E-state index contributed by atoms with van der Waals surface area (Å²) in [7, 11) is 0. The van der Waals surface area contributed by atoms with Crippen molar-refractivity contribution < 1.29 is 0 Å². The standard InChI is InChI=1S/C62H64BN3/c1-39-34-55-57-56(35-39)65(43-27-29-48-46(37-43)45-18-12-13-19-47(45)60(48,8)9)54-38-44(66-52-21-15-14-20-49(52)61(10)32-16-17-33-62(61,66)11)28-30-50(54)63(57)51-36-41(59(5,6)7)24-31-53(51)64(55)42-25-22-40(23-26-42)58(2,3)4/h12-15,18-31,34-38H,16-17,32-33H2,1-11H3. The molecule has 0 amide bonds. The zero-order valence-corrected chi connectivity index (χ0v) is 41.0. The van der Waals surface area contributed by atoms with Crippen molar-refractivity contribution >= 4 is 68.6 Å². The van der Waals surface area contributed by atoms with Crippen molar-refractivity contribution in [2.45, 2.75) is 129 Å². The van der Waals surface area contributed by atoms with Gasteiger partial charge in [-0.2, -0.15) is 0 Å². The van der Waals surface area contributed by atoms with E-state index >= 15 is 0 Å². The van der Waals surface area contributed by atoms with E-state index in [-0.39, 0.29) is 33.9 Å². The molecular weight excluding hydrogens is 798 g/mol. The van der Waals surface area contributed by atoms with Gasteiger partial charge in [-0.15, -0.1) is 0 Å². The summed E-state index contributed by atoms with van der Waals surface area (Å²) in [5.74, 6) is 0. The Morgan fingerprint density at radius 2 is 1.08 bits per heavy atom. The van der Waals surface area contributed by atoms with E-state index in [2.05, 4.69) is 230 Å². The fourth-order valence-corrected chi connectivity index (χ4v) is 13.3. The van der Waals surface area contributed by atoms with E-state index in [1.54, 1.807) is 0 Å². The van der Waals surface area contributed by atoms with Crippen LogP contribution in [0, 0.1) is 6.92 Å². The van der Waals surface area contributed by atoms with Gasteiger partial charge in [-0.3, -0.25) is 0 Å². The number of benzene rings is 7. The summed E-state index contributed by atoms with van der Waals surface area (Å²) in [6, 6.07) is 55.0. The molecule has 7 aromatic rings. The number of rotatable bonds is 3. The molecule has 7 aromatic carbocycles. The number of para-hydroxylation sites is 1. The summed E-state index contributed by atoms with van der Waals surface area (Å²) in [5, 5.41) is 0. The highest BCUT2D eigenvalue weighted by atomic mass is 15.3. The maximum atomic E-state index is 2.76. The van der Waals surface area contributed by atoms with Gasteiger partial charge in [0, 0.05) is 56.3 Å². The number of fused-ring (bicyclic) bond motifs is 10. The molecule has 330 valence electrons. The van der Waals surface area contributed by atoms with E-state index in [9.17, 15) is 0 Å². The Morgan fingerprint density at radius 1 is 0.470 bits per heavy atom. The molecule has 66 heavy (non-hydrogen) atoms. The molecule has 0 bridgehead atoms. The first-order valence-corrected chi connectivity index (χ1v) is 24.7. The van der Waals surface area contributed by atoms with Crippen molar-refractivity contribution in [3.05, 3.63) is 173 Å².